The van der Waals surface area contributed by atoms with E-state index in [0.717, 1.165) is 25.1 Å². The Morgan fingerprint density at radius 3 is 1.64 bits per heavy atom. The number of rotatable bonds is 7. The van der Waals surface area contributed by atoms with Gasteiger partial charge < -0.3 is 10.2 Å². The van der Waals surface area contributed by atoms with Gasteiger partial charge in [0.1, 0.15) is 0 Å². The molecule has 9 aromatic carbocycles. The van der Waals surface area contributed by atoms with E-state index in [4.69, 9.17) is 0 Å². The second-order valence-electron chi connectivity index (χ2n) is 21.7. The molecule has 1 heterocycles. The lowest BCUT2D eigenvalue weighted by Gasteiger charge is -2.44. The molecule has 0 saturated heterocycles. The van der Waals surface area contributed by atoms with Crippen LogP contribution in [0.2, 0.25) is 0 Å². The first-order valence-electron chi connectivity index (χ1n) is 24.9. The highest BCUT2D eigenvalue weighted by Gasteiger charge is 2.43. The number of benzene rings is 9. The summed E-state index contributed by atoms with van der Waals surface area (Å²) in [6.07, 6.45) is 2.35. The maximum atomic E-state index is 4.07. The average molecular weight is 891 g/mol. The third-order valence-electron chi connectivity index (χ3n) is 16.0. The van der Waals surface area contributed by atoms with Crippen molar-refractivity contribution in [2.75, 3.05) is 10.2 Å². The second kappa shape index (κ2) is 16.1. The maximum absolute atomic E-state index is 4.07. The lowest BCUT2D eigenvalue weighted by molar-refractivity contribution is 0.332. The molecular weight excluding hydrogens is 832 g/mol. The van der Waals surface area contributed by atoms with Crippen molar-refractivity contribution in [3.63, 3.8) is 0 Å². The van der Waals surface area contributed by atoms with Crippen molar-refractivity contribution in [2.24, 2.45) is 0 Å². The van der Waals surface area contributed by atoms with E-state index in [1.54, 1.807) is 0 Å². The molecule has 1 N–H and O–H groups in total. The van der Waals surface area contributed by atoms with Crippen LogP contribution in [-0.2, 0) is 16.2 Å². The summed E-state index contributed by atoms with van der Waals surface area (Å²) in [4.78, 5) is 2.66. The van der Waals surface area contributed by atoms with Crippen LogP contribution in [0.3, 0.4) is 0 Å². The highest BCUT2D eigenvalue weighted by molar-refractivity contribution is 6.73. The molecule has 0 unspecified atom stereocenters. The van der Waals surface area contributed by atoms with Crippen LogP contribution in [-0.4, -0.2) is 7.28 Å². The molecule has 0 radical (unpaired) electrons. The number of nitrogens with zero attached hydrogens (tertiary/aromatic N) is 1. The molecular formula is C66H59BN2. The number of hydrogen-bond donors (Lipinski definition) is 1. The molecule has 336 valence electrons. The van der Waals surface area contributed by atoms with E-state index in [1.165, 1.54) is 118 Å². The number of anilines is 5. The minimum atomic E-state index is -0.239. The van der Waals surface area contributed by atoms with Gasteiger partial charge in [-0.2, -0.15) is 0 Å². The van der Waals surface area contributed by atoms with Gasteiger partial charge in [-0.1, -0.05) is 205 Å². The van der Waals surface area contributed by atoms with Gasteiger partial charge in [0.2, 0.25) is 0 Å². The Morgan fingerprint density at radius 1 is 0.420 bits per heavy atom. The fraction of sp³-hybridized carbons (Fsp3) is 0.182. The molecule has 12 rings (SSSR count). The van der Waals surface area contributed by atoms with Gasteiger partial charge in [-0.3, -0.25) is 0 Å². The van der Waals surface area contributed by atoms with E-state index >= 15 is 0 Å². The quantitative estimate of drug-likeness (QED) is 0.160. The van der Waals surface area contributed by atoms with Gasteiger partial charge in [0.25, 0.3) is 0 Å². The molecule has 0 spiro atoms. The summed E-state index contributed by atoms with van der Waals surface area (Å²) in [5.74, 6) is 0. The summed E-state index contributed by atoms with van der Waals surface area (Å²) in [6, 6.07) is 72.6. The molecule has 3 aliphatic rings. The monoisotopic (exact) mass is 890 g/mol. The van der Waals surface area contributed by atoms with Crippen LogP contribution < -0.4 is 21.1 Å². The predicted octanol–water partition coefficient (Wildman–Crippen LogP) is 16.2. The molecule has 1 aliphatic heterocycles. The number of fused-ring (bicyclic) bond motifs is 6. The Kier molecular flexibility index (Phi) is 10.0. The standard InChI is InChI=1S/C66H59BN2/c1-42-36-53-54(65(4,5)35-34-64(53,2)3)40-59(42)69-58-33-31-47(44-22-13-9-14-23-44)38-56(58)67-63-60(69)41-55-61(50-28-17-18-29-52(50)66(55,6)7)62(63)51-32-30-48(45-24-15-10-16-25-45)39-57(51)68-49-27-19-26-46(37-49)43-20-11-8-12-21-43/h8-33,36-41,67-68H,34-35H2,1-7H3. The number of hydrogen-bond acceptors (Lipinski definition) is 2. The normalized spacial score (nSPS) is 15.5. The molecule has 0 atom stereocenters. The van der Waals surface area contributed by atoms with Crippen LogP contribution >= 0.6 is 0 Å². The highest BCUT2D eigenvalue weighted by Crippen LogP contribution is 2.56. The zero-order chi connectivity index (χ0) is 47.2. The summed E-state index contributed by atoms with van der Waals surface area (Å²) < 4.78 is 0. The first-order chi connectivity index (χ1) is 33.4. The van der Waals surface area contributed by atoms with E-state index in [-0.39, 0.29) is 16.2 Å². The Bertz CT molecular complexity index is 3470. The average Bonchev–Trinajstić information content (AvgIpc) is 3.60. The largest absolute Gasteiger partial charge is 0.355 e. The van der Waals surface area contributed by atoms with Gasteiger partial charge in [0.05, 0.1) is 0 Å². The van der Waals surface area contributed by atoms with E-state index in [0.29, 0.717) is 0 Å². The minimum Gasteiger partial charge on any atom is -0.355 e. The van der Waals surface area contributed by atoms with Gasteiger partial charge in [-0.15, -0.1) is 0 Å². The summed E-state index contributed by atoms with van der Waals surface area (Å²) in [5.41, 5.74) is 28.0. The molecule has 69 heavy (non-hydrogen) atoms. The Morgan fingerprint density at radius 2 is 0.971 bits per heavy atom. The molecule has 0 saturated carbocycles. The first kappa shape index (κ1) is 43.0. The zero-order valence-corrected chi connectivity index (χ0v) is 41.0. The van der Waals surface area contributed by atoms with Crippen LogP contribution in [0.4, 0.5) is 28.4 Å². The molecule has 0 fully saturated rings. The minimum absolute atomic E-state index is 0.0531. The predicted molar refractivity (Wildman–Crippen MR) is 297 cm³/mol. The third kappa shape index (κ3) is 7.16. The fourth-order valence-electron chi connectivity index (χ4n) is 12.1. The lowest BCUT2D eigenvalue weighted by atomic mass is 9.56. The molecule has 2 aliphatic carbocycles. The molecule has 3 heteroatoms. The molecule has 0 aromatic heterocycles. The zero-order valence-electron chi connectivity index (χ0n) is 41.0. The fourth-order valence-corrected chi connectivity index (χ4v) is 12.1. The van der Waals surface area contributed by atoms with Gasteiger partial charge >= 0.3 is 0 Å². The van der Waals surface area contributed by atoms with E-state index in [9.17, 15) is 0 Å². The van der Waals surface area contributed by atoms with Crippen molar-refractivity contribution in [3.8, 4) is 55.6 Å². The number of aryl methyl sites for hydroxylation is 1. The van der Waals surface area contributed by atoms with Gasteiger partial charge in [0, 0.05) is 39.4 Å². The van der Waals surface area contributed by atoms with Crippen LogP contribution in [0.1, 0.15) is 82.2 Å². The molecule has 0 amide bonds. The van der Waals surface area contributed by atoms with Crippen LogP contribution in [0.25, 0.3) is 55.6 Å². The summed E-state index contributed by atoms with van der Waals surface area (Å²) in [7, 11) is 0.791. The van der Waals surface area contributed by atoms with E-state index in [1.807, 2.05) is 0 Å². The number of nitrogens with one attached hydrogen (secondary N) is 1. The molecule has 0 bridgehead atoms. The molecule has 9 aromatic rings. The SMILES string of the molecule is Cc1cc2c(cc1N1c3ccc(-c4ccccc4)cc3Bc3c1cc1c(c3-c3ccc(-c4ccccc4)cc3Nc3cccc(-c4ccccc4)c3)-c3ccccc3C1(C)C)C(C)(C)CCC2(C)C. The first-order valence-corrected chi connectivity index (χ1v) is 24.9. The van der Waals surface area contributed by atoms with Crippen molar-refractivity contribution in [3.05, 3.63) is 222 Å². The summed E-state index contributed by atoms with van der Waals surface area (Å²) in [5, 5.41) is 4.07. The van der Waals surface area contributed by atoms with Crippen molar-refractivity contribution in [1.82, 2.24) is 0 Å². The van der Waals surface area contributed by atoms with E-state index < -0.39 is 0 Å². The van der Waals surface area contributed by atoms with Crippen LogP contribution in [0.15, 0.2) is 194 Å². The van der Waals surface area contributed by atoms with Crippen molar-refractivity contribution in [1.29, 1.82) is 0 Å². The van der Waals surface area contributed by atoms with Gasteiger partial charge in [-0.25, -0.2) is 0 Å². The summed E-state index contributed by atoms with van der Waals surface area (Å²) in [6.45, 7) is 17.0. The van der Waals surface area contributed by atoms with Crippen molar-refractivity contribution in [2.45, 2.75) is 77.6 Å². The summed E-state index contributed by atoms with van der Waals surface area (Å²) >= 11 is 0. The van der Waals surface area contributed by atoms with Gasteiger partial charge in [-0.05, 0) is 150 Å². The third-order valence-corrected chi connectivity index (χ3v) is 16.0. The topological polar surface area (TPSA) is 15.3 Å². The van der Waals surface area contributed by atoms with E-state index in [2.05, 4.69) is 253 Å². The van der Waals surface area contributed by atoms with Crippen LogP contribution in [0.5, 0.6) is 0 Å². The van der Waals surface area contributed by atoms with Gasteiger partial charge in [0.15, 0.2) is 7.28 Å². The Balaban J connectivity index is 1.16. The lowest BCUT2D eigenvalue weighted by Crippen LogP contribution is -2.42. The Labute approximate surface area is 410 Å². The smallest absolute Gasteiger partial charge is 0.198 e. The van der Waals surface area contributed by atoms with Crippen molar-refractivity contribution < 1.29 is 0 Å². The highest BCUT2D eigenvalue weighted by atomic mass is 15.2. The molecule has 2 nitrogen and oxygen atoms in total. The second-order valence-corrected chi connectivity index (χ2v) is 21.7. The van der Waals surface area contributed by atoms with Crippen LogP contribution in [0, 0.1) is 6.92 Å². The Hall–Kier alpha value is -7.36. The van der Waals surface area contributed by atoms with Crippen molar-refractivity contribution >= 4 is 46.6 Å². The maximum Gasteiger partial charge on any atom is 0.198 e.